The van der Waals surface area contributed by atoms with Gasteiger partial charge >= 0.3 is 0 Å². The van der Waals surface area contributed by atoms with E-state index in [0.717, 1.165) is 6.26 Å². The molecular formula is C9H18O5S. The van der Waals surface area contributed by atoms with Crippen molar-refractivity contribution in [1.29, 1.82) is 0 Å². The van der Waals surface area contributed by atoms with Crippen LogP contribution in [-0.2, 0) is 24.1 Å². The molecule has 5 nitrogen and oxygen atoms in total. The van der Waals surface area contributed by atoms with Crippen LogP contribution in [0.4, 0.5) is 0 Å². The Morgan fingerprint density at radius 2 is 1.67 bits per heavy atom. The molecule has 6 heteroatoms. The van der Waals surface area contributed by atoms with Gasteiger partial charge < -0.3 is 9.47 Å². The quantitative estimate of drug-likeness (QED) is 0.572. The molecule has 0 aromatic carbocycles. The van der Waals surface area contributed by atoms with Crippen LogP contribution in [0, 0.1) is 0 Å². The van der Waals surface area contributed by atoms with Crippen molar-refractivity contribution in [3.8, 4) is 0 Å². The molecule has 0 bridgehead atoms. The van der Waals surface area contributed by atoms with Gasteiger partial charge in [-0.3, -0.25) is 4.79 Å². The van der Waals surface area contributed by atoms with Crippen molar-refractivity contribution in [1.82, 2.24) is 0 Å². The molecule has 0 heterocycles. The van der Waals surface area contributed by atoms with Gasteiger partial charge in [-0.05, 0) is 13.8 Å². The summed E-state index contributed by atoms with van der Waals surface area (Å²) in [5.41, 5.74) is 0. The van der Waals surface area contributed by atoms with E-state index >= 15 is 0 Å². The lowest BCUT2D eigenvalue weighted by Gasteiger charge is -2.14. The van der Waals surface area contributed by atoms with Crippen molar-refractivity contribution in [2.45, 2.75) is 26.6 Å². The topological polar surface area (TPSA) is 69.7 Å². The van der Waals surface area contributed by atoms with Crippen molar-refractivity contribution >= 4 is 15.6 Å². The summed E-state index contributed by atoms with van der Waals surface area (Å²) in [6.07, 6.45) is 0.0990. The van der Waals surface area contributed by atoms with Gasteiger partial charge in [0.15, 0.2) is 5.78 Å². The van der Waals surface area contributed by atoms with Crippen LogP contribution in [0.15, 0.2) is 0 Å². The van der Waals surface area contributed by atoms with Crippen LogP contribution in [0.2, 0.25) is 0 Å². The van der Waals surface area contributed by atoms with Gasteiger partial charge in [-0.1, -0.05) is 0 Å². The highest BCUT2D eigenvalue weighted by atomic mass is 32.2. The summed E-state index contributed by atoms with van der Waals surface area (Å²) >= 11 is 0. The first-order chi connectivity index (χ1) is 6.90. The highest BCUT2D eigenvalue weighted by Crippen LogP contribution is 2.02. The predicted molar refractivity (Wildman–Crippen MR) is 56.4 cm³/mol. The van der Waals surface area contributed by atoms with Crippen LogP contribution in [-0.4, -0.2) is 45.7 Å². The molecule has 0 fully saturated rings. The Labute approximate surface area is 90.7 Å². The summed E-state index contributed by atoms with van der Waals surface area (Å²) in [7, 11) is -3.11. The van der Waals surface area contributed by atoms with Gasteiger partial charge in [0.25, 0.3) is 0 Å². The summed E-state index contributed by atoms with van der Waals surface area (Å²) in [5.74, 6) is -0.494. The van der Waals surface area contributed by atoms with Gasteiger partial charge in [-0.2, -0.15) is 0 Å². The van der Waals surface area contributed by atoms with Crippen LogP contribution < -0.4 is 0 Å². The maximum Gasteiger partial charge on any atom is 0.217 e. The predicted octanol–water partition coefficient (Wildman–Crippen LogP) is 0.389. The monoisotopic (exact) mass is 238 g/mol. The lowest BCUT2D eigenvalue weighted by Crippen LogP contribution is -2.29. The van der Waals surface area contributed by atoms with E-state index in [0.29, 0.717) is 13.2 Å². The molecule has 0 aliphatic carbocycles. The lowest BCUT2D eigenvalue weighted by molar-refractivity contribution is -0.167. The summed E-state index contributed by atoms with van der Waals surface area (Å²) < 4.78 is 31.8. The third kappa shape index (κ3) is 7.47. The summed E-state index contributed by atoms with van der Waals surface area (Å²) in [5, 5.41) is 0. The molecule has 0 N–H and O–H groups in total. The molecule has 90 valence electrons. The number of rotatable bonds is 8. The number of ether oxygens (including phenoxy) is 2. The highest BCUT2D eigenvalue weighted by molar-refractivity contribution is 7.90. The normalized spacial score (nSPS) is 12.0. The van der Waals surface area contributed by atoms with Gasteiger partial charge in [0, 0.05) is 25.9 Å². The highest BCUT2D eigenvalue weighted by Gasteiger charge is 2.19. The molecular weight excluding hydrogens is 220 g/mol. The molecule has 0 spiro atoms. The SMILES string of the molecule is CCOC(OCC)C(=O)CCS(C)(=O)=O. The fraction of sp³-hybridized carbons (Fsp3) is 0.889. The van der Waals surface area contributed by atoms with E-state index in [-0.39, 0.29) is 18.0 Å². The Kier molecular flexibility index (Phi) is 6.71. The molecule has 0 aliphatic heterocycles. The molecule has 0 aromatic rings. The minimum Gasteiger partial charge on any atom is -0.346 e. The number of hydrogen-bond donors (Lipinski definition) is 0. The molecule has 15 heavy (non-hydrogen) atoms. The maximum absolute atomic E-state index is 11.5. The fourth-order valence-corrected chi connectivity index (χ4v) is 1.51. The number of carbonyl (C=O) groups excluding carboxylic acids is 1. The number of hydrogen-bond acceptors (Lipinski definition) is 5. The first-order valence-electron chi connectivity index (χ1n) is 4.84. The minimum absolute atomic E-state index is 0.0660. The van der Waals surface area contributed by atoms with Gasteiger partial charge in [0.05, 0.1) is 5.75 Å². The average Bonchev–Trinajstić information content (AvgIpc) is 2.13. The van der Waals surface area contributed by atoms with E-state index < -0.39 is 16.1 Å². The second kappa shape index (κ2) is 6.92. The van der Waals surface area contributed by atoms with Crippen LogP contribution in [0.3, 0.4) is 0 Å². The summed E-state index contributed by atoms with van der Waals surface area (Å²) in [6.45, 7) is 4.20. The number of sulfone groups is 1. The molecule has 0 unspecified atom stereocenters. The van der Waals surface area contributed by atoms with Crippen molar-refractivity contribution in [2.75, 3.05) is 25.2 Å². The van der Waals surface area contributed by atoms with Gasteiger partial charge in [0.1, 0.15) is 9.84 Å². The largest absolute Gasteiger partial charge is 0.346 e. The fourth-order valence-electron chi connectivity index (χ4n) is 0.941. The third-order valence-electron chi connectivity index (χ3n) is 1.62. The third-order valence-corrected chi connectivity index (χ3v) is 2.56. The minimum atomic E-state index is -3.11. The molecule has 0 radical (unpaired) electrons. The van der Waals surface area contributed by atoms with E-state index in [9.17, 15) is 13.2 Å². The molecule has 0 saturated carbocycles. The molecule has 0 atom stereocenters. The molecule has 0 amide bonds. The first-order valence-corrected chi connectivity index (χ1v) is 6.90. The summed E-state index contributed by atoms with van der Waals surface area (Å²) in [4.78, 5) is 11.5. The number of Topliss-reactive ketones (excluding diaryl/α,β-unsaturated/α-hetero) is 1. The lowest BCUT2D eigenvalue weighted by atomic mass is 10.3. The van der Waals surface area contributed by atoms with Crippen LogP contribution in [0.5, 0.6) is 0 Å². The van der Waals surface area contributed by atoms with Crippen LogP contribution in [0.1, 0.15) is 20.3 Å². The zero-order chi connectivity index (χ0) is 11.9. The zero-order valence-electron chi connectivity index (χ0n) is 9.36. The molecule has 0 rings (SSSR count). The van der Waals surface area contributed by atoms with Crippen LogP contribution >= 0.6 is 0 Å². The van der Waals surface area contributed by atoms with E-state index in [1.807, 2.05) is 0 Å². The Hall–Kier alpha value is -0.460. The number of ketones is 1. The number of carbonyl (C=O) groups is 1. The molecule has 0 aromatic heterocycles. The van der Waals surface area contributed by atoms with E-state index in [1.54, 1.807) is 13.8 Å². The van der Waals surface area contributed by atoms with E-state index in [4.69, 9.17) is 9.47 Å². The smallest absolute Gasteiger partial charge is 0.217 e. The molecule has 0 saturated heterocycles. The van der Waals surface area contributed by atoms with E-state index in [2.05, 4.69) is 0 Å². The van der Waals surface area contributed by atoms with Crippen LogP contribution in [0.25, 0.3) is 0 Å². The average molecular weight is 238 g/mol. The van der Waals surface area contributed by atoms with E-state index in [1.165, 1.54) is 0 Å². The second-order valence-corrected chi connectivity index (χ2v) is 5.35. The van der Waals surface area contributed by atoms with Crippen molar-refractivity contribution in [2.24, 2.45) is 0 Å². The maximum atomic E-state index is 11.5. The first kappa shape index (κ1) is 14.5. The Morgan fingerprint density at radius 3 is 2.00 bits per heavy atom. The molecule has 0 aliphatic rings. The zero-order valence-corrected chi connectivity index (χ0v) is 10.2. The Bertz CT molecular complexity index is 277. The van der Waals surface area contributed by atoms with Crippen molar-refractivity contribution < 1.29 is 22.7 Å². The Morgan fingerprint density at radius 1 is 1.20 bits per heavy atom. The van der Waals surface area contributed by atoms with Crippen molar-refractivity contribution in [3.63, 3.8) is 0 Å². The van der Waals surface area contributed by atoms with Crippen molar-refractivity contribution in [3.05, 3.63) is 0 Å². The standard InChI is InChI=1S/C9H18O5S/c1-4-13-9(14-5-2)8(10)6-7-15(3,11)12/h9H,4-7H2,1-3H3. The second-order valence-electron chi connectivity index (χ2n) is 3.09. The Balaban J connectivity index is 4.13. The summed E-state index contributed by atoms with van der Waals surface area (Å²) in [6, 6.07) is 0. The van der Waals surface area contributed by atoms with Gasteiger partial charge in [-0.25, -0.2) is 8.42 Å². The van der Waals surface area contributed by atoms with Gasteiger partial charge in [0.2, 0.25) is 6.29 Å². The van der Waals surface area contributed by atoms with Gasteiger partial charge in [-0.15, -0.1) is 0 Å².